The number of hydrogen-bond acceptors (Lipinski definition) is 5. The average molecular weight is 326 g/mol. The first-order valence-corrected chi connectivity index (χ1v) is 8.36. The van der Waals surface area contributed by atoms with Gasteiger partial charge in [-0.1, -0.05) is 59.0 Å². The molecule has 0 aromatic heterocycles. The Morgan fingerprint density at radius 1 is 1.04 bits per heavy atom. The Hall–Kier alpha value is -1.91. The fourth-order valence-electron chi connectivity index (χ4n) is 1.83. The van der Waals surface area contributed by atoms with Crippen molar-refractivity contribution in [3.63, 3.8) is 0 Å². The van der Waals surface area contributed by atoms with E-state index < -0.39 is 29.2 Å². The van der Waals surface area contributed by atoms with E-state index in [0.29, 0.717) is 13.0 Å². The van der Waals surface area contributed by atoms with Crippen LogP contribution in [-0.2, 0) is 9.53 Å². The number of rotatable bonds is 7. The number of esters is 1. The van der Waals surface area contributed by atoms with Crippen molar-refractivity contribution < 1.29 is 24.9 Å². The molecule has 3 N–H and O–H groups in total. The van der Waals surface area contributed by atoms with Gasteiger partial charge in [0.15, 0.2) is 17.3 Å². The Kier molecular flexibility index (Phi) is 11.6. The van der Waals surface area contributed by atoms with E-state index in [0.717, 1.165) is 12.2 Å². The second kappa shape index (κ2) is 12.6. The van der Waals surface area contributed by atoms with Gasteiger partial charge in [-0.05, 0) is 18.6 Å². The van der Waals surface area contributed by atoms with Gasteiger partial charge in [-0.3, -0.25) is 4.79 Å². The molecule has 0 radical (unpaired) electrons. The molecule has 1 aliphatic rings. The molecular weight excluding hydrogens is 296 g/mol. The van der Waals surface area contributed by atoms with Crippen molar-refractivity contribution in [1.82, 2.24) is 0 Å². The Morgan fingerprint density at radius 3 is 2.17 bits per heavy atom. The van der Waals surface area contributed by atoms with Crippen molar-refractivity contribution >= 4 is 5.97 Å². The van der Waals surface area contributed by atoms with E-state index in [9.17, 15) is 20.1 Å². The van der Waals surface area contributed by atoms with Gasteiger partial charge in [-0.2, -0.15) is 0 Å². The van der Waals surface area contributed by atoms with E-state index in [4.69, 9.17) is 4.74 Å². The molecule has 0 aromatic rings. The van der Waals surface area contributed by atoms with Gasteiger partial charge in [0.1, 0.15) is 0 Å². The van der Waals surface area contributed by atoms with E-state index in [1.54, 1.807) is 0 Å². The van der Waals surface area contributed by atoms with E-state index in [2.05, 4.69) is 13.8 Å². The lowest BCUT2D eigenvalue weighted by molar-refractivity contribution is -0.145. The standard InChI is InChI=1S/C11H14O5.C7H16/c1-2-5-16-11(15)7-3-4-8(12)10(14)9(13)6-7;1-3-5-7-6-4-2/h3-4,6-7,12-14H,2,5H2,1H3;3-7H2,1-2H3. The summed E-state index contributed by atoms with van der Waals surface area (Å²) in [6.45, 7) is 6.65. The summed E-state index contributed by atoms with van der Waals surface area (Å²) < 4.78 is 4.88. The minimum Gasteiger partial charge on any atom is -0.504 e. The van der Waals surface area contributed by atoms with Gasteiger partial charge in [0.2, 0.25) is 0 Å². The predicted molar refractivity (Wildman–Crippen MR) is 91.3 cm³/mol. The van der Waals surface area contributed by atoms with Crippen LogP contribution >= 0.6 is 0 Å². The number of carbonyl (C=O) groups is 1. The minimum absolute atomic E-state index is 0.295. The molecule has 132 valence electrons. The molecule has 0 heterocycles. The zero-order valence-electron chi connectivity index (χ0n) is 14.4. The van der Waals surface area contributed by atoms with Crippen molar-refractivity contribution in [2.24, 2.45) is 5.92 Å². The molecule has 1 atom stereocenters. The van der Waals surface area contributed by atoms with Gasteiger partial charge in [-0.15, -0.1) is 0 Å². The summed E-state index contributed by atoms with van der Waals surface area (Å²) in [7, 11) is 0. The zero-order chi connectivity index (χ0) is 17.7. The summed E-state index contributed by atoms with van der Waals surface area (Å²) in [6.07, 6.45) is 11.3. The minimum atomic E-state index is -0.807. The average Bonchev–Trinajstić information content (AvgIpc) is 2.67. The van der Waals surface area contributed by atoms with Gasteiger partial charge in [0.25, 0.3) is 0 Å². The number of hydrogen-bond donors (Lipinski definition) is 3. The number of aliphatic hydroxyl groups excluding tert-OH is 3. The monoisotopic (exact) mass is 326 g/mol. The first-order valence-electron chi connectivity index (χ1n) is 8.36. The maximum atomic E-state index is 11.5. The molecule has 0 aromatic carbocycles. The van der Waals surface area contributed by atoms with Gasteiger partial charge in [0, 0.05) is 0 Å². The van der Waals surface area contributed by atoms with Crippen LogP contribution in [0.1, 0.15) is 59.3 Å². The molecule has 0 aliphatic heterocycles. The van der Waals surface area contributed by atoms with Crippen LogP contribution in [0.3, 0.4) is 0 Å². The van der Waals surface area contributed by atoms with Gasteiger partial charge in [-0.25, -0.2) is 0 Å². The summed E-state index contributed by atoms with van der Waals surface area (Å²) in [5.74, 6) is -3.02. The van der Waals surface area contributed by atoms with Crippen molar-refractivity contribution in [1.29, 1.82) is 0 Å². The summed E-state index contributed by atoms with van der Waals surface area (Å²) in [5, 5.41) is 27.7. The number of carbonyl (C=O) groups excluding carboxylic acids is 1. The molecule has 5 heteroatoms. The molecule has 23 heavy (non-hydrogen) atoms. The third-order valence-electron chi connectivity index (χ3n) is 3.21. The lowest BCUT2D eigenvalue weighted by atomic mass is 10.1. The first-order chi connectivity index (χ1) is 11.0. The van der Waals surface area contributed by atoms with Crippen LogP contribution in [0, 0.1) is 5.92 Å². The Balaban J connectivity index is 0.000000585. The van der Waals surface area contributed by atoms with Crippen molar-refractivity contribution in [3.05, 3.63) is 35.5 Å². The van der Waals surface area contributed by atoms with Crippen LogP contribution in [0.5, 0.6) is 0 Å². The molecule has 1 unspecified atom stereocenters. The lowest BCUT2D eigenvalue weighted by Crippen LogP contribution is -2.14. The van der Waals surface area contributed by atoms with Gasteiger partial charge in [0.05, 0.1) is 12.5 Å². The Morgan fingerprint density at radius 2 is 1.65 bits per heavy atom. The molecule has 0 saturated carbocycles. The Labute approximate surface area is 139 Å². The fourth-order valence-corrected chi connectivity index (χ4v) is 1.83. The van der Waals surface area contributed by atoms with Crippen molar-refractivity contribution in [2.45, 2.75) is 59.3 Å². The maximum absolute atomic E-state index is 11.5. The molecule has 0 bridgehead atoms. The third kappa shape index (κ3) is 8.96. The molecule has 0 amide bonds. The number of ether oxygens (including phenoxy) is 1. The van der Waals surface area contributed by atoms with E-state index in [-0.39, 0.29) is 0 Å². The Bertz CT molecular complexity index is 431. The normalized spacial score (nSPS) is 17.0. The molecule has 0 fully saturated rings. The highest BCUT2D eigenvalue weighted by molar-refractivity contribution is 5.77. The molecule has 1 rings (SSSR count). The number of aliphatic hydroxyl groups is 3. The highest BCUT2D eigenvalue weighted by Crippen LogP contribution is 2.18. The second-order valence-corrected chi connectivity index (χ2v) is 5.40. The van der Waals surface area contributed by atoms with Crippen LogP contribution in [0.25, 0.3) is 0 Å². The zero-order valence-corrected chi connectivity index (χ0v) is 14.4. The van der Waals surface area contributed by atoms with Gasteiger partial charge < -0.3 is 20.1 Å². The maximum Gasteiger partial charge on any atom is 0.316 e. The highest BCUT2D eigenvalue weighted by atomic mass is 16.5. The SMILES string of the molecule is CCCCCCC.CCCOC(=O)C1C=CC(O)=C(O)C(O)=C1. The smallest absolute Gasteiger partial charge is 0.316 e. The highest BCUT2D eigenvalue weighted by Gasteiger charge is 2.20. The fraction of sp³-hybridized carbons (Fsp3) is 0.611. The number of allylic oxidation sites excluding steroid dienone is 1. The summed E-state index contributed by atoms with van der Waals surface area (Å²) in [5.41, 5.74) is 0. The van der Waals surface area contributed by atoms with Crippen LogP contribution in [-0.4, -0.2) is 27.9 Å². The summed E-state index contributed by atoms with van der Waals surface area (Å²) in [6, 6.07) is 0. The third-order valence-corrected chi connectivity index (χ3v) is 3.21. The quantitative estimate of drug-likeness (QED) is 0.459. The summed E-state index contributed by atoms with van der Waals surface area (Å²) in [4.78, 5) is 11.5. The topological polar surface area (TPSA) is 87.0 Å². The molecular formula is C18H30O5. The second-order valence-electron chi connectivity index (χ2n) is 5.40. The van der Waals surface area contributed by atoms with Crippen molar-refractivity contribution in [3.8, 4) is 0 Å². The van der Waals surface area contributed by atoms with Crippen molar-refractivity contribution in [2.75, 3.05) is 6.61 Å². The first kappa shape index (κ1) is 21.1. The van der Waals surface area contributed by atoms with Crippen LogP contribution in [0.2, 0.25) is 0 Å². The molecule has 0 spiro atoms. The molecule has 0 saturated heterocycles. The van der Waals surface area contributed by atoms with Gasteiger partial charge >= 0.3 is 5.97 Å². The van der Waals surface area contributed by atoms with E-state index in [1.165, 1.54) is 38.2 Å². The molecule has 1 aliphatic carbocycles. The van der Waals surface area contributed by atoms with E-state index in [1.807, 2.05) is 6.92 Å². The van der Waals surface area contributed by atoms with Crippen LogP contribution in [0.4, 0.5) is 0 Å². The lowest BCUT2D eigenvalue weighted by Gasteiger charge is -2.07. The molecule has 5 nitrogen and oxygen atoms in total. The van der Waals surface area contributed by atoms with Crippen LogP contribution in [0.15, 0.2) is 35.5 Å². The van der Waals surface area contributed by atoms with Crippen LogP contribution < -0.4 is 0 Å². The number of unbranched alkanes of at least 4 members (excludes halogenated alkanes) is 4. The van der Waals surface area contributed by atoms with E-state index >= 15 is 0 Å². The largest absolute Gasteiger partial charge is 0.504 e. The predicted octanol–water partition coefficient (Wildman–Crippen LogP) is 4.87. The summed E-state index contributed by atoms with van der Waals surface area (Å²) >= 11 is 0.